The fraction of sp³-hybridized carbons (Fsp3) is 0.0714. The molecule has 0 fully saturated rings. The SMILES string of the molecule is O=C(N[C@H](C(=O)O)C(c1ccc(Cl)cc1)c1ccc(Cl)cc1)c1ccc(Cl)cc1NS(=O)(=O)c1cccc2nsnc12. The van der Waals surface area contributed by atoms with Crippen LogP contribution in [0.25, 0.3) is 11.0 Å². The second-order valence-corrected chi connectivity index (χ2v) is 12.5. The van der Waals surface area contributed by atoms with Gasteiger partial charge in [0.1, 0.15) is 22.0 Å². The molecule has 14 heteroatoms. The topological polar surface area (TPSA) is 138 Å². The summed E-state index contributed by atoms with van der Waals surface area (Å²) in [6, 6.07) is 20.1. The lowest BCUT2D eigenvalue weighted by Crippen LogP contribution is -2.45. The third-order valence-corrected chi connectivity index (χ3v) is 9.03. The third-order valence-electron chi connectivity index (χ3n) is 6.35. The van der Waals surface area contributed by atoms with Crippen molar-refractivity contribution >= 4 is 85.2 Å². The van der Waals surface area contributed by atoms with Crippen molar-refractivity contribution in [3.63, 3.8) is 0 Å². The molecule has 0 spiro atoms. The van der Waals surface area contributed by atoms with Gasteiger partial charge in [-0.1, -0.05) is 65.1 Å². The van der Waals surface area contributed by atoms with E-state index in [-0.39, 0.29) is 26.7 Å². The Bertz CT molecular complexity index is 1850. The summed E-state index contributed by atoms with van der Waals surface area (Å²) in [6.07, 6.45) is 0. The number of carboxylic acid groups (broad SMARTS) is 1. The molecule has 0 aliphatic carbocycles. The Morgan fingerprint density at radius 2 is 1.40 bits per heavy atom. The number of fused-ring (bicyclic) bond motifs is 1. The Morgan fingerprint density at radius 3 is 2.00 bits per heavy atom. The molecule has 5 rings (SSSR count). The molecule has 5 aromatic rings. The lowest BCUT2D eigenvalue weighted by atomic mass is 9.84. The molecule has 9 nitrogen and oxygen atoms in total. The van der Waals surface area contributed by atoms with Crippen molar-refractivity contribution in [3.8, 4) is 0 Å². The zero-order valence-electron chi connectivity index (χ0n) is 21.2. The Labute approximate surface area is 259 Å². The van der Waals surface area contributed by atoms with Crippen LogP contribution in [0.15, 0.2) is 89.8 Å². The molecular weight excluding hydrogens is 643 g/mol. The largest absolute Gasteiger partial charge is 0.480 e. The minimum Gasteiger partial charge on any atom is -0.480 e. The fourth-order valence-electron chi connectivity index (χ4n) is 4.42. The van der Waals surface area contributed by atoms with Crippen LogP contribution in [0.4, 0.5) is 5.69 Å². The van der Waals surface area contributed by atoms with Gasteiger partial charge in [0.15, 0.2) is 0 Å². The zero-order chi connectivity index (χ0) is 30.0. The Morgan fingerprint density at radius 1 is 0.810 bits per heavy atom. The summed E-state index contributed by atoms with van der Waals surface area (Å²) in [5, 5.41) is 13.9. The summed E-state index contributed by atoms with van der Waals surface area (Å²) >= 11 is 19.2. The van der Waals surface area contributed by atoms with Crippen molar-refractivity contribution in [2.24, 2.45) is 0 Å². The van der Waals surface area contributed by atoms with Crippen molar-refractivity contribution in [2.45, 2.75) is 16.9 Å². The van der Waals surface area contributed by atoms with Gasteiger partial charge < -0.3 is 10.4 Å². The van der Waals surface area contributed by atoms with E-state index in [0.717, 1.165) is 11.7 Å². The van der Waals surface area contributed by atoms with Crippen LogP contribution in [-0.4, -0.2) is 40.2 Å². The maximum atomic E-state index is 13.6. The van der Waals surface area contributed by atoms with Gasteiger partial charge in [-0.05, 0) is 65.7 Å². The van der Waals surface area contributed by atoms with Gasteiger partial charge in [0, 0.05) is 21.0 Å². The summed E-state index contributed by atoms with van der Waals surface area (Å²) in [6.45, 7) is 0. The molecule has 0 aliphatic heterocycles. The van der Waals surface area contributed by atoms with Gasteiger partial charge in [0.05, 0.1) is 23.0 Å². The van der Waals surface area contributed by atoms with Crippen molar-refractivity contribution in [1.82, 2.24) is 14.1 Å². The van der Waals surface area contributed by atoms with Crippen LogP contribution in [0.5, 0.6) is 0 Å². The second kappa shape index (κ2) is 12.2. The summed E-state index contributed by atoms with van der Waals surface area (Å²) < 4.78 is 37.3. The monoisotopic (exact) mass is 660 g/mol. The van der Waals surface area contributed by atoms with Gasteiger partial charge in [-0.2, -0.15) is 8.75 Å². The highest BCUT2D eigenvalue weighted by molar-refractivity contribution is 7.93. The number of hydrogen-bond donors (Lipinski definition) is 3. The molecule has 0 aliphatic rings. The fourth-order valence-corrected chi connectivity index (χ4v) is 6.68. The molecule has 1 amide bonds. The molecule has 42 heavy (non-hydrogen) atoms. The van der Waals surface area contributed by atoms with E-state index < -0.39 is 33.9 Å². The number of hydrogen-bond acceptors (Lipinski definition) is 7. The van der Waals surface area contributed by atoms with Crippen molar-refractivity contribution < 1.29 is 23.1 Å². The summed E-state index contributed by atoms with van der Waals surface area (Å²) in [4.78, 5) is 26.1. The Balaban J connectivity index is 1.52. The number of sulfonamides is 1. The highest BCUT2D eigenvalue weighted by atomic mass is 35.5. The van der Waals surface area contributed by atoms with Gasteiger partial charge >= 0.3 is 5.97 Å². The lowest BCUT2D eigenvalue weighted by Gasteiger charge is -2.26. The number of rotatable bonds is 9. The summed E-state index contributed by atoms with van der Waals surface area (Å²) in [5.41, 5.74) is 1.39. The second-order valence-electron chi connectivity index (χ2n) is 9.05. The van der Waals surface area contributed by atoms with E-state index in [0.29, 0.717) is 26.7 Å². The molecule has 0 unspecified atom stereocenters. The smallest absolute Gasteiger partial charge is 0.327 e. The first-order chi connectivity index (χ1) is 20.0. The quantitative estimate of drug-likeness (QED) is 0.165. The van der Waals surface area contributed by atoms with Gasteiger partial charge in [0.25, 0.3) is 15.9 Å². The minimum atomic E-state index is -4.26. The Kier molecular flexibility index (Phi) is 8.67. The number of nitrogens with zero attached hydrogens (tertiary/aromatic N) is 2. The Hall–Kier alpha value is -3.74. The highest BCUT2D eigenvalue weighted by Gasteiger charge is 2.33. The number of carbonyl (C=O) groups is 2. The van der Waals surface area contributed by atoms with E-state index >= 15 is 0 Å². The van der Waals surface area contributed by atoms with E-state index in [4.69, 9.17) is 34.8 Å². The number of aliphatic carboxylic acids is 1. The maximum absolute atomic E-state index is 13.6. The van der Waals surface area contributed by atoms with Crippen LogP contribution in [0, 0.1) is 0 Å². The maximum Gasteiger partial charge on any atom is 0.327 e. The van der Waals surface area contributed by atoms with Crippen molar-refractivity contribution in [3.05, 3.63) is 117 Å². The molecule has 0 saturated heterocycles. The summed E-state index contributed by atoms with van der Waals surface area (Å²) in [5.74, 6) is -3.03. The zero-order valence-corrected chi connectivity index (χ0v) is 25.1. The third kappa shape index (κ3) is 6.35. The molecule has 3 N–H and O–H groups in total. The van der Waals surface area contributed by atoms with Crippen LogP contribution >= 0.6 is 46.5 Å². The number of amides is 1. The number of carboxylic acids is 1. The molecule has 0 bridgehead atoms. The van der Waals surface area contributed by atoms with Crippen LogP contribution in [0.2, 0.25) is 15.1 Å². The van der Waals surface area contributed by atoms with Crippen LogP contribution < -0.4 is 10.0 Å². The first-order valence-corrected chi connectivity index (χ1v) is 15.5. The molecule has 1 aromatic heterocycles. The van der Waals surface area contributed by atoms with Gasteiger partial charge in [-0.3, -0.25) is 9.52 Å². The van der Waals surface area contributed by atoms with Gasteiger partial charge in [0.2, 0.25) is 0 Å². The molecular formula is C28H19Cl3N4O5S2. The number of aromatic nitrogens is 2. The number of halogens is 3. The van der Waals surface area contributed by atoms with Crippen molar-refractivity contribution in [2.75, 3.05) is 4.72 Å². The standard InChI is InChI=1S/C28H19Cl3N4O5S2/c29-17-8-4-15(5-9-17)24(16-6-10-18(30)11-7-16)26(28(37)38)32-27(36)20-13-12-19(31)14-22(20)35-42(39,40)23-3-1-2-21-25(23)34-41-33-21/h1-14,24,26,35H,(H,32,36)(H,37,38)/t26-/m0/s1. The lowest BCUT2D eigenvalue weighted by molar-refractivity contribution is -0.139. The average Bonchev–Trinajstić information content (AvgIpc) is 3.43. The van der Waals surface area contributed by atoms with Gasteiger partial charge in [-0.15, -0.1) is 0 Å². The first kappa shape index (κ1) is 29.7. The molecule has 0 saturated carbocycles. The normalized spacial score (nSPS) is 12.3. The highest BCUT2D eigenvalue weighted by Crippen LogP contribution is 2.32. The molecule has 4 aromatic carbocycles. The number of benzene rings is 4. The average molecular weight is 662 g/mol. The number of nitrogens with one attached hydrogen (secondary N) is 2. The predicted octanol–water partition coefficient (Wildman–Crippen LogP) is 6.47. The molecule has 214 valence electrons. The van der Waals surface area contributed by atoms with E-state index in [1.807, 2.05) is 0 Å². The van der Waals surface area contributed by atoms with E-state index in [2.05, 4.69) is 18.8 Å². The van der Waals surface area contributed by atoms with E-state index in [9.17, 15) is 23.1 Å². The molecule has 1 heterocycles. The summed E-state index contributed by atoms with van der Waals surface area (Å²) in [7, 11) is -4.26. The number of carbonyl (C=O) groups excluding carboxylic acids is 1. The number of anilines is 1. The van der Waals surface area contributed by atoms with E-state index in [1.54, 1.807) is 54.6 Å². The van der Waals surface area contributed by atoms with Crippen LogP contribution in [-0.2, 0) is 14.8 Å². The van der Waals surface area contributed by atoms with Crippen LogP contribution in [0.1, 0.15) is 27.4 Å². The first-order valence-electron chi connectivity index (χ1n) is 12.1. The molecule has 1 atom stereocenters. The molecule has 0 radical (unpaired) electrons. The van der Waals surface area contributed by atoms with Crippen LogP contribution in [0.3, 0.4) is 0 Å². The minimum absolute atomic E-state index is 0.144. The van der Waals surface area contributed by atoms with E-state index in [1.165, 1.54) is 30.3 Å². The predicted molar refractivity (Wildman–Crippen MR) is 163 cm³/mol. The van der Waals surface area contributed by atoms with Gasteiger partial charge in [-0.25, -0.2) is 13.2 Å². The van der Waals surface area contributed by atoms with Crippen molar-refractivity contribution in [1.29, 1.82) is 0 Å².